The van der Waals surface area contributed by atoms with Crippen molar-refractivity contribution in [3.8, 4) is 0 Å². The predicted octanol–water partition coefficient (Wildman–Crippen LogP) is 3.10. The summed E-state index contributed by atoms with van der Waals surface area (Å²) < 4.78 is 5.56. The Morgan fingerprint density at radius 2 is 1.68 bits per heavy atom. The average molecular weight is 466 g/mol. The fourth-order valence-electron chi connectivity index (χ4n) is 4.27. The topological polar surface area (TPSA) is 48.9 Å². The molecule has 0 radical (unpaired) electrons. The molecule has 0 aromatic carbocycles. The van der Waals surface area contributed by atoms with Crippen molar-refractivity contribution in [3.05, 3.63) is 0 Å². The lowest BCUT2D eigenvalue weighted by Gasteiger charge is -2.45. The number of nitrogens with one attached hydrogen (secondary N) is 2. The second-order valence-electron chi connectivity index (χ2n) is 8.46. The van der Waals surface area contributed by atoms with Crippen LogP contribution in [0.25, 0.3) is 0 Å². The Bertz CT molecular complexity index is 416. The SMILES string of the molecule is CN=C(NCC1(CC(C)C)CCC1)NCC1(N(C)C)CCOCC1.I. The third kappa shape index (κ3) is 6.24. The minimum Gasteiger partial charge on any atom is -0.381 e. The Kier molecular flexibility index (Phi) is 9.46. The van der Waals surface area contributed by atoms with Crippen LogP contribution in [0.15, 0.2) is 4.99 Å². The van der Waals surface area contributed by atoms with E-state index in [2.05, 4.69) is 48.5 Å². The van der Waals surface area contributed by atoms with Crippen LogP contribution in [0, 0.1) is 11.3 Å². The molecule has 2 N–H and O–H groups in total. The Hall–Kier alpha value is -0.0800. The van der Waals surface area contributed by atoms with Crippen LogP contribution >= 0.6 is 24.0 Å². The van der Waals surface area contributed by atoms with E-state index in [1.807, 2.05) is 7.05 Å². The Morgan fingerprint density at radius 3 is 2.12 bits per heavy atom. The molecular weight excluding hydrogens is 427 g/mol. The number of nitrogens with zero attached hydrogens (tertiary/aromatic N) is 2. The summed E-state index contributed by atoms with van der Waals surface area (Å²) in [4.78, 5) is 6.80. The average Bonchev–Trinajstić information content (AvgIpc) is 2.52. The summed E-state index contributed by atoms with van der Waals surface area (Å²) in [6, 6.07) is 0. The largest absolute Gasteiger partial charge is 0.381 e. The van der Waals surface area contributed by atoms with E-state index >= 15 is 0 Å². The van der Waals surface area contributed by atoms with Crippen molar-refractivity contribution in [2.75, 3.05) is 47.4 Å². The van der Waals surface area contributed by atoms with Gasteiger partial charge in [0.2, 0.25) is 0 Å². The molecule has 1 aliphatic heterocycles. The molecule has 1 heterocycles. The van der Waals surface area contributed by atoms with Gasteiger partial charge in [0.25, 0.3) is 0 Å². The molecule has 0 unspecified atom stereocenters. The summed E-state index contributed by atoms with van der Waals surface area (Å²) in [5, 5.41) is 7.18. The molecule has 0 bridgehead atoms. The Labute approximate surface area is 171 Å². The van der Waals surface area contributed by atoms with Crippen LogP contribution in [0.4, 0.5) is 0 Å². The number of halogens is 1. The van der Waals surface area contributed by atoms with Crippen molar-refractivity contribution in [2.45, 2.75) is 57.9 Å². The van der Waals surface area contributed by atoms with Crippen molar-refractivity contribution in [1.29, 1.82) is 0 Å². The fourth-order valence-corrected chi connectivity index (χ4v) is 4.27. The molecule has 2 fully saturated rings. The minimum absolute atomic E-state index is 0. The molecule has 2 rings (SSSR count). The van der Waals surface area contributed by atoms with E-state index < -0.39 is 0 Å². The van der Waals surface area contributed by atoms with Gasteiger partial charge in [0.1, 0.15) is 0 Å². The van der Waals surface area contributed by atoms with Crippen LogP contribution in [0.1, 0.15) is 52.4 Å². The molecule has 25 heavy (non-hydrogen) atoms. The van der Waals surface area contributed by atoms with Crippen LogP contribution in [-0.2, 0) is 4.74 Å². The van der Waals surface area contributed by atoms with Crippen LogP contribution < -0.4 is 10.6 Å². The number of hydrogen-bond donors (Lipinski definition) is 2. The second kappa shape index (κ2) is 10.3. The van der Waals surface area contributed by atoms with Crippen LogP contribution in [0.5, 0.6) is 0 Å². The van der Waals surface area contributed by atoms with Gasteiger partial charge < -0.3 is 20.3 Å². The van der Waals surface area contributed by atoms with Crippen LogP contribution in [0.3, 0.4) is 0 Å². The van der Waals surface area contributed by atoms with Gasteiger partial charge in [-0.15, -0.1) is 24.0 Å². The molecule has 6 heteroatoms. The zero-order valence-electron chi connectivity index (χ0n) is 16.9. The van der Waals surface area contributed by atoms with Crippen LogP contribution in [0.2, 0.25) is 0 Å². The maximum atomic E-state index is 5.56. The van der Waals surface area contributed by atoms with Crippen molar-refractivity contribution >= 4 is 29.9 Å². The number of ether oxygens (including phenoxy) is 1. The first-order valence-corrected chi connectivity index (χ1v) is 9.61. The highest BCUT2D eigenvalue weighted by Gasteiger charge is 2.38. The Balaban J connectivity index is 0.00000312. The Morgan fingerprint density at radius 1 is 1.08 bits per heavy atom. The summed E-state index contributed by atoms with van der Waals surface area (Å²) in [5.74, 6) is 1.71. The van der Waals surface area contributed by atoms with Crippen LogP contribution in [-0.4, -0.2) is 63.8 Å². The van der Waals surface area contributed by atoms with E-state index in [1.165, 1.54) is 25.7 Å². The summed E-state index contributed by atoms with van der Waals surface area (Å²) in [7, 11) is 6.22. The number of aliphatic imine (C=N–C) groups is 1. The van der Waals surface area contributed by atoms with E-state index in [-0.39, 0.29) is 29.5 Å². The van der Waals surface area contributed by atoms with E-state index in [0.717, 1.165) is 51.0 Å². The number of guanidine groups is 1. The third-order valence-corrected chi connectivity index (χ3v) is 6.07. The first-order chi connectivity index (χ1) is 11.4. The molecule has 0 amide bonds. The molecule has 1 saturated heterocycles. The van der Waals surface area contributed by atoms with Gasteiger partial charge in [-0.05, 0) is 57.5 Å². The molecular formula is C19H39IN4O. The molecule has 5 nitrogen and oxygen atoms in total. The predicted molar refractivity (Wildman–Crippen MR) is 117 cm³/mol. The highest BCUT2D eigenvalue weighted by atomic mass is 127. The van der Waals surface area contributed by atoms with Gasteiger partial charge in [0.05, 0.1) is 0 Å². The van der Waals surface area contributed by atoms with Crippen molar-refractivity contribution in [3.63, 3.8) is 0 Å². The molecule has 0 aromatic heterocycles. The quantitative estimate of drug-likeness (QED) is 0.344. The monoisotopic (exact) mass is 466 g/mol. The van der Waals surface area contributed by atoms with Gasteiger partial charge in [-0.3, -0.25) is 4.99 Å². The smallest absolute Gasteiger partial charge is 0.191 e. The van der Waals surface area contributed by atoms with E-state index in [9.17, 15) is 0 Å². The molecule has 0 atom stereocenters. The van der Waals surface area contributed by atoms with Gasteiger partial charge >= 0.3 is 0 Å². The molecule has 1 saturated carbocycles. The lowest BCUT2D eigenvalue weighted by atomic mass is 9.64. The van der Waals surface area contributed by atoms with E-state index in [4.69, 9.17) is 4.74 Å². The number of likely N-dealkylation sites (N-methyl/N-ethyl adjacent to an activating group) is 1. The van der Waals surface area contributed by atoms with E-state index in [1.54, 1.807) is 0 Å². The zero-order valence-corrected chi connectivity index (χ0v) is 19.2. The summed E-state index contributed by atoms with van der Waals surface area (Å²) in [6.45, 7) is 8.33. The van der Waals surface area contributed by atoms with Gasteiger partial charge in [-0.1, -0.05) is 20.3 Å². The van der Waals surface area contributed by atoms with Crippen molar-refractivity contribution in [2.24, 2.45) is 16.3 Å². The number of rotatable bonds is 7. The maximum Gasteiger partial charge on any atom is 0.191 e. The standard InChI is InChI=1S/C19H38N4O.HI/c1-16(2)13-18(7-6-8-18)14-21-17(20-3)22-15-19(23(4)5)9-11-24-12-10-19;/h16H,6-15H2,1-5H3,(H2,20,21,22);1H. The lowest BCUT2D eigenvalue weighted by Crippen LogP contribution is -2.57. The first kappa shape index (κ1) is 23.0. The zero-order chi connectivity index (χ0) is 17.6. The molecule has 0 spiro atoms. The summed E-state index contributed by atoms with van der Waals surface area (Å²) in [6.07, 6.45) is 7.55. The summed E-state index contributed by atoms with van der Waals surface area (Å²) >= 11 is 0. The molecule has 148 valence electrons. The van der Waals surface area contributed by atoms with Gasteiger partial charge in [-0.2, -0.15) is 0 Å². The van der Waals surface area contributed by atoms with Gasteiger partial charge in [-0.25, -0.2) is 0 Å². The number of hydrogen-bond acceptors (Lipinski definition) is 3. The normalized spacial score (nSPS) is 22.3. The first-order valence-electron chi connectivity index (χ1n) is 9.61. The lowest BCUT2D eigenvalue weighted by molar-refractivity contribution is -0.00505. The van der Waals surface area contributed by atoms with Crippen molar-refractivity contribution in [1.82, 2.24) is 15.5 Å². The molecule has 0 aromatic rings. The highest BCUT2D eigenvalue weighted by Crippen LogP contribution is 2.45. The molecule has 1 aliphatic carbocycles. The second-order valence-corrected chi connectivity index (χ2v) is 8.46. The van der Waals surface area contributed by atoms with Gasteiger partial charge in [0, 0.05) is 38.9 Å². The summed E-state index contributed by atoms with van der Waals surface area (Å²) in [5.41, 5.74) is 0.658. The fraction of sp³-hybridized carbons (Fsp3) is 0.947. The highest BCUT2D eigenvalue weighted by molar-refractivity contribution is 14.0. The van der Waals surface area contributed by atoms with Gasteiger partial charge in [0.15, 0.2) is 5.96 Å². The van der Waals surface area contributed by atoms with E-state index in [0.29, 0.717) is 5.41 Å². The minimum atomic E-state index is 0. The third-order valence-electron chi connectivity index (χ3n) is 6.07. The maximum absolute atomic E-state index is 5.56. The van der Waals surface area contributed by atoms with Crippen molar-refractivity contribution < 1.29 is 4.74 Å². The molecule has 2 aliphatic rings.